The number of benzene rings is 4. The third kappa shape index (κ3) is 5.17. The number of hydrazine groups is 1. The molecule has 0 fully saturated rings. The van der Waals surface area contributed by atoms with Crippen LogP contribution in [-0.4, -0.2) is 0 Å². The minimum atomic E-state index is 0.707. The first-order valence-corrected chi connectivity index (χ1v) is 10.2. The quantitative estimate of drug-likeness (QED) is 0.223. The van der Waals surface area contributed by atoms with E-state index in [4.69, 9.17) is 23.2 Å². The zero-order chi connectivity index (χ0) is 20.8. The second-order valence-corrected chi connectivity index (χ2v) is 7.48. The third-order valence-electron chi connectivity index (χ3n) is 4.43. The Bertz CT molecular complexity index is 1020. The fourth-order valence-electron chi connectivity index (χ4n) is 2.91. The van der Waals surface area contributed by atoms with Crippen LogP contribution in [0.1, 0.15) is 0 Å². The first kappa shape index (κ1) is 20.0. The van der Waals surface area contributed by atoms with Crippen LogP contribution in [0.3, 0.4) is 0 Å². The van der Waals surface area contributed by atoms with E-state index in [1.54, 1.807) is 0 Å². The van der Waals surface area contributed by atoms with Crippen molar-refractivity contribution in [3.63, 3.8) is 0 Å². The Hall–Kier alpha value is -3.34. The minimum absolute atomic E-state index is 0.707. The number of rotatable bonds is 7. The lowest BCUT2D eigenvalue weighted by atomic mass is 10.2. The van der Waals surface area contributed by atoms with Crippen molar-refractivity contribution in [3.05, 3.63) is 107 Å². The van der Waals surface area contributed by atoms with Crippen molar-refractivity contribution in [1.29, 1.82) is 0 Å². The van der Waals surface area contributed by atoms with E-state index in [2.05, 4.69) is 21.5 Å². The van der Waals surface area contributed by atoms with Gasteiger partial charge in [0.1, 0.15) is 0 Å². The molecule has 0 aromatic heterocycles. The van der Waals surface area contributed by atoms with Crippen LogP contribution in [-0.2, 0) is 0 Å². The van der Waals surface area contributed by atoms with Gasteiger partial charge in [0.05, 0.1) is 22.7 Å². The molecular weight excluding hydrogens is 415 g/mol. The molecule has 0 radical (unpaired) electrons. The van der Waals surface area contributed by atoms with Crippen molar-refractivity contribution in [2.24, 2.45) is 0 Å². The maximum absolute atomic E-state index is 5.98. The fraction of sp³-hybridized carbons (Fsp3) is 0. The molecule has 0 aliphatic carbocycles. The van der Waals surface area contributed by atoms with Crippen LogP contribution in [0, 0.1) is 0 Å². The second-order valence-electron chi connectivity index (χ2n) is 6.60. The normalized spacial score (nSPS) is 10.3. The molecule has 0 amide bonds. The first-order valence-electron chi connectivity index (χ1n) is 9.43. The highest BCUT2D eigenvalue weighted by molar-refractivity contribution is 6.30. The minimum Gasteiger partial charge on any atom is -0.354 e. The molecule has 6 heteroatoms. The molecule has 0 saturated heterocycles. The van der Waals surface area contributed by atoms with Gasteiger partial charge in [-0.2, -0.15) is 0 Å². The fourth-order valence-corrected chi connectivity index (χ4v) is 3.17. The van der Waals surface area contributed by atoms with Crippen molar-refractivity contribution in [2.45, 2.75) is 0 Å². The molecule has 0 aliphatic rings. The van der Waals surface area contributed by atoms with Gasteiger partial charge in [-0.3, -0.25) is 10.9 Å². The van der Waals surface area contributed by atoms with Crippen LogP contribution in [0.4, 0.5) is 34.1 Å². The van der Waals surface area contributed by atoms with Crippen LogP contribution < -0.4 is 21.5 Å². The van der Waals surface area contributed by atoms with Gasteiger partial charge >= 0.3 is 0 Å². The van der Waals surface area contributed by atoms with E-state index in [1.807, 2.05) is 97.1 Å². The summed E-state index contributed by atoms with van der Waals surface area (Å²) in [6.45, 7) is 0. The largest absolute Gasteiger partial charge is 0.354 e. The van der Waals surface area contributed by atoms with Gasteiger partial charge in [0.25, 0.3) is 0 Å². The lowest BCUT2D eigenvalue weighted by molar-refractivity contribution is 1.39. The Morgan fingerprint density at radius 2 is 0.733 bits per heavy atom. The molecule has 4 N–H and O–H groups in total. The molecule has 0 atom stereocenters. The summed E-state index contributed by atoms with van der Waals surface area (Å²) in [5, 5.41) is 8.23. The van der Waals surface area contributed by atoms with Gasteiger partial charge in [-0.25, -0.2) is 0 Å². The Kier molecular flexibility index (Phi) is 6.28. The molecule has 0 unspecified atom stereocenters. The molecule has 150 valence electrons. The van der Waals surface area contributed by atoms with Gasteiger partial charge < -0.3 is 10.6 Å². The van der Waals surface area contributed by atoms with Crippen molar-refractivity contribution in [2.75, 3.05) is 21.5 Å². The van der Waals surface area contributed by atoms with Crippen LogP contribution >= 0.6 is 23.2 Å². The highest BCUT2D eigenvalue weighted by atomic mass is 35.5. The van der Waals surface area contributed by atoms with Crippen molar-refractivity contribution in [1.82, 2.24) is 0 Å². The maximum atomic E-state index is 5.98. The van der Waals surface area contributed by atoms with Crippen LogP contribution in [0.25, 0.3) is 0 Å². The number of halogens is 2. The van der Waals surface area contributed by atoms with Crippen LogP contribution in [0.5, 0.6) is 0 Å². The standard InChI is InChI=1S/C24H20Cl2N4/c25-17-9-13-19(14-10-17)27-21-5-1-3-7-23(21)29-30-24-8-4-2-6-22(24)28-20-15-11-18(26)12-16-20/h1-16,27-30H. The van der Waals surface area contributed by atoms with E-state index >= 15 is 0 Å². The zero-order valence-corrected chi connectivity index (χ0v) is 17.5. The topological polar surface area (TPSA) is 48.1 Å². The van der Waals surface area contributed by atoms with E-state index in [0.29, 0.717) is 10.0 Å². The van der Waals surface area contributed by atoms with E-state index in [-0.39, 0.29) is 0 Å². The Morgan fingerprint density at radius 1 is 0.400 bits per heavy atom. The van der Waals surface area contributed by atoms with Crippen molar-refractivity contribution in [3.8, 4) is 0 Å². The number of para-hydroxylation sites is 4. The Labute approximate surface area is 185 Å². The molecule has 4 nitrogen and oxygen atoms in total. The highest BCUT2D eigenvalue weighted by Crippen LogP contribution is 2.29. The van der Waals surface area contributed by atoms with E-state index < -0.39 is 0 Å². The SMILES string of the molecule is Clc1ccc(Nc2ccccc2NNc2ccccc2Nc2ccc(Cl)cc2)cc1. The maximum Gasteiger partial charge on any atom is 0.0774 e. The predicted octanol–water partition coefficient (Wildman–Crippen LogP) is 7.92. The molecule has 0 saturated carbocycles. The summed E-state index contributed by atoms with van der Waals surface area (Å²) < 4.78 is 0. The molecule has 0 heterocycles. The molecule has 4 rings (SSSR count). The molecule has 4 aromatic rings. The van der Waals surface area contributed by atoms with Crippen molar-refractivity contribution < 1.29 is 0 Å². The van der Waals surface area contributed by atoms with E-state index in [9.17, 15) is 0 Å². The first-order chi connectivity index (χ1) is 14.7. The summed E-state index contributed by atoms with van der Waals surface area (Å²) in [6, 6.07) is 31.2. The van der Waals surface area contributed by atoms with Gasteiger partial charge in [-0.05, 0) is 72.8 Å². The lowest BCUT2D eigenvalue weighted by Crippen LogP contribution is -2.11. The highest BCUT2D eigenvalue weighted by Gasteiger charge is 2.05. The summed E-state index contributed by atoms with van der Waals surface area (Å²) in [5.41, 5.74) is 12.2. The van der Waals surface area contributed by atoms with Gasteiger partial charge in [0.2, 0.25) is 0 Å². The molecule has 30 heavy (non-hydrogen) atoms. The van der Waals surface area contributed by atoms with Crippen molar-refractivity contribution >= 4 is 57.3 Å². The summed E-state index contributed by atoms with van der Waals surface area (Å²) >= 11 is 12.0. The smallest absolute Gasteiger partial charge is 0.0774 e. The summed E-state index contributed by atoms with van der Waals surface area (Å²) in [5.74, 6) is 0. The molecule has 0 aliphatic heterocycles. The second kappa shape index (κ2) is 9.44. The molecule has 0 bridgehead atoms. The monoisotopic (exact) mass is 434 g/mol. The molecular formula is C24H20Cl2N4. The molecule has 4 aromatic carbocycles. The number of hydrogen-bond acceptors (Lipinski definition) is 4. The average Bonchev–Trinajstić information content (AvgIpc) is 2.77. The number of hydrogen-bond donors (Lipinski definition) is 4. The summed E-state index contributed by atoms with van der Waals surface area (Å²) in [7, 11) is 0. The average molecular weight is 435 g/mol. The van der Waals surface area contributed by atoms with Gasteiger partial charge in [0.15, 0.2) is 0 Å². The number of nitrogens with one attached hydrogen (secondary N) is 4. The summed E-state index contributed by atoms with van der Waals surface area (Å²) in [4.78, 5) is 0. The Balaban J connectivity index is 1.49. The van der Waals surface area contributed by atoms with Gasteiger partial charge in [-0.1, -0.05) is 47.5 Å². The van der Waals surface area contributed by atoms with E-state index in [1.165, 1.54) is 0 Å². The van der Waals surface area contributed by atoms with Crippen LogP contribution in [0.15, 0.2) is 97.1 Å². The van der Waals surface area contributed by atoms with E-state index in [0.717, 1.165) is 34.1 Å². The zero-order valence-electron chi connectivity index (χ0n) is 16.0. The lowest BCUT2D eigenvalue weighted by Gasteiger charge is -2.18. The van der Waals surface area contributed by atoms with Gasteiger partial charge in [0, 0.05) is 21.4 Å². The van der Waals surface area contributed by atoms with Gasteiger partial charge in [-0.15, -0.1) is 0 Å². The van der Waals surface area contributed by atoms with Crippen LogP contribution in [0.2, 0.25) is 10.0 Å². The predicted molar refractivity (Wildman–Crippen MR) is 130 cm³/mol. The third-order valence-corrected chi connectivity index (χ3v) is 4.94. The Morgan fingerprint density at radius 3 is 1.10 bits per heavy atom. The summed E-state index contributed by atoms with van der Waals surface area (Å²) in [6.07, 6.45) is 0. The molecule has 0 spiro atoms. The number of anilines is 6.